The molecule has 0 aliphatic heterocycles. The van der Waals surface area contributed by atoms with Gasteiger partial charge in [0.15, 0.2) is 0 Å². The van der Waals surface area contributed by atoms with Gasteiger partial charge in [-0.1, -0.05) is 6.92 Å². The summed E-state index contributed by atoms with van der Waals surface area (Å²) >= 11 is 0. The molecule has 0 amide bonds. The van der Waals surface area contributed by atoms with Crippen LogP contribution in [0.15, 0.2) is 12.4 Å². The highest BCUT2D eigenvalue weighted by molar-refractivity contribution is 4.85. The molecular formula is C7H12N3. The van der Waals surface area contributed by atoms with Gasteiger partial charge in [0.25, 0.3) is 0 Å². The summed E-state index contributed by atoms with van der Waals surface area (Å²) in [6.45, 7) is 5.46. The van der Waals surface area contributed by atoms with Crippen LogP contribution >= 0.6 is 0 Å². The summed E-state index contributed by atoms with van der Waals surface area (Å²) in [5, 5.41) is 3.18. The van der Waals surface area contributed by atoms with Crippen molar-refractivity contribution < 1.29 is 0 Å². The summed E-state index contributed by atoms with van der Waals surface area (Å²) in [6, 6.07) is 0. The van der Waals surface area contributed by atoms with Crippen LogP contribution in [-0.2, 0) is 6.54 Å². The van der Waals surface area contributed by atoms with Gasteiger partial charge in [0.1, 0.15) is 5.82 Å². The van der Waals surface area contributed by atoms with Crippen molar-refractivity contribution in [2.75, 3.05) is 6.54 Å². The third-order valence-corrected chi connectivity index (χ3v) is 1.20. The Labute approximate surface area is 60.9 Å². The molecule has 3 nitrogen and oxygen atoms in total. The molecule has 10 heavy (non-hydrogen) atoms. The van der Waals surface area contributed by atoms with Crippen LogP contribution in [0.4, 0.5) is 0 Å². The quantitative estimate of drug-likeness (QED) is 0.602. The van der Waals surface area contributed by atoms with Crippen LogP contribution in [0.1, 0.15) is 12.2 Å². The fourth-order valence-corrected chi connectivity index (χ4v) is 0.726. The van der Waals surface area contributed by atoms with Crippen molar-refractivity contribution in [1.29, 1.82) is 0 Å². The van der Waals surface area contributed by atoms with E-state index in [0.717, 1.165) is 25.3 Å². The van der Waals surface area contributed by atoms with Gasteiger partial charge in [0, 0.05) is 12.4 Å². The normalized spacial score (nSPS) is 10.1. The number of hydrogen-bond donors (Lipinski definition) is 2. The predicted molar refractivity (Wildman–Crippen MR) is 40.3 cm³/mol. The highest BCUT2D eigenvalue weighted by atomic mass is 15.0. The average Bonchev–Trinajstić information content (AvgIpc) is 2.41. The van der Waals surface area contributed by atoms with Crippen LogP contribution < -0.4 is 5.32 Å². The van der Waals surface area contributed by atoms with Gasteiger partial charge in [-0.25, -0.2) is 4.98 Å². The molecule has 0 aliphatic carbocycles. The summed E-state index contributed by atoms with van der Waals surface area (Å²) in [5.41, 5.74) is 0. The van der Waals surface area contributed by atoms with E-state index >= 15 is 0 Å². The Morgan fingerprint density at radius 2 is 2.60 bits per heavy atom. The number of aromatic amines is 1. The SMILES string of the molecule is [CH2]CCNCc1ncc[nH]1. The van der Waals surface area contributed by atoms with E-state index in [1.165, 1.54) is 0 Å². The Kier molecular flexibility index (Phi) is 2.96. The highest BCUT2D eigenvalue weighted by Crippen LogP contribution is 1.85. The molecule has 0 bridgehead atoms. The minimum absolute atomic E-state index is 0.808. The summed E-state index contributed by atoms with van der Waals surface area (Å²) < 4.78 is 0. The lowest BCUT2D eigenvalue weighted by molar-refractivity contribution is 0.671. The maximum atomic E-state index is 4.05. The number of rotatable bonds is 4. The van der Waals surface area contributed by atoms with Gasteiger partial charge in [-0.2, -0.15) is 0 Å². The van der Waals surface area contributed by atoms with Crippen LogP contribution in [0, 0.1) is 6.92 Å². The Morgan fingerprint density at radius 1 is 1.70 bits per heavy atom. The second-order valence-electron chi connectivity index (χ2n) is 2.07. The van der Waals surface area contributed by atoms with Gasteiger partial charge in [-0.05, 0) is 13.0 Å². The number of nitrogens with zero attached hydrogens (tertiary/aromatic N) is 1. The number of aromatic nitrogens is 2. The molecule has 0 saturated heterocycles. The van der Waals surface area contributed by atoms with Crippen molar-refractivity contribution in [1.82, 2.24) is 15.3 Å². The van der Waals surface area contributed by atoms with Crippen LogP contribution in [0.5, 0.6) is 0 Å². The van der Waals surface area contributed by atoms with E-state index in [1.807, 2.05) is 6.20 Å². The van der Waals surface area contributed by atoms with E-state index in [9.17, 15) is 0 Å². The van der Waals surface area contributed by atoms with Crippen LogP contribution in [0.25, 0.3) is 0 Å². The first-order valence-corrected chi connectivity index (χ1v) is 3.41. The molecule has 0 saturated carbocycles. The van der Waals surface area contributed by atoms with Gasteiger partial charge in [-0.3, -0.25) is 0 Å². The van der Waals surface area contributed by atoms with Crippen molar-refractivity contribution in [3.05, 3.63) is 25.1 Å². The molecular weight excluding hydrogens is 126 g/mol. The monoisotopic (exact) mass is 138 g/mol. The first-order chi connectivity index (χ1) is 4.93. The van der Waals surface area contributed by atoms with Crippen LogP contribution in [0.3, 0.4) is 0 Å². The van der Waals surface area contributed by atoms with Crippen LogP contribution in [-0.4, -0.2) is 16.5 Å². The molecule has 0 aromatic carbocycles. The van der Waals surface area contributed by atoms with Crippen molar-refractivity contribution in [3.63, 3.8) is 0 Å². The zero-order valence-electron chi connectivity index (χ0n) is 5.93. The standard InChI is InChI=1S/C7H12N3/c1-2-3-8-6-7-9-4-5-10-7/h4-5,8H,1-3,6H2,(H,9,10). The van der Waals surface area contributed by atoms with Gasteiger partial charge in [0.2, 0.25) is 0 Å². The number of nitrogens with one attached hydrogen (secondary N) is 2. The summed E-state index contributed by atoms with van der Waals surface area (Å²) in [7, 11) is 0. The zero-order chi connectivity index (χ0) is 7.23. The Hall–Kier alpha value is -0.830. The maximum absolute atomic E-state index is 4.05. The molecule has 1 heterocycles. The lowest BCUT2D eigenvalue weighted by atomic mass is 10.5. The lowest BCUT2D eigenvalue weighted by Gasteiger charge is -1.97. The van der Waals surface area contributed by atoms with Crippen LogP contribution in [0.2, 0.25) is 0 Å². The van der Waals surface area contributed by atoms with Crippen molar-refractivity contribution >= 4 is 0 Å². The first-order valence-electron chi connectivity index (χ1n) is 3.41. The van der Waals surface area contributed by atoms with E-state index in [4.69, 9.17) is 0 Å². The topological polar surface area (TPSA) is 40.7 Å². The van der Waals surface area contributed by atoms with Gasteiger partial charge >= 0.3 is 0 Å². The number of hydrogen-bond acceptors (Lipinski definition) is 2. The van der Waals surface area contributed by atoms with Crippen molar-refractivity contribution in [2.45, 2.75) is 13.0 Å². The smallest absolute Gasteiger partial charge is 0.120 e. The number of H-pyrrole nitrogens is 1. The van der Waals surface area contributed by atoms with E-state index in [0.29, 0.717) is 0 Å². The molecule has 0 aliphatic rings. The Bertz CT molecular complexity index is 157. The van der Waals surface area contributed by atoms with E-state index in [-0.39, 0.29) is 0 Å². The summed E-state index contributed by atoms with van der Waals surface area (Å²) in [5.74, 6) is 0.980. The molecule has 0 fully saturated rings. The fourth-order valence-electron chi connectivity index (χ4n) is 0.726. The van der Waals surface area contributed by atoms with E-state index < -0.39 is 0 Å². The largest absolute Gasteiger partial charge is 0.348 e. The molecule has 0 atom stereocenters. The molecule has 1 rings (SSSR count). The Morgan fingerprint density at radius 3 is 3.20 bits per heavy atom. The second-order valence-corrected chi connectivity index (χ2v) is 2.07. The molecule has 3 heteroatoms. The maximum Gasteiger partial charge on any atom is 0.120 e. The molecule has 1 radical (unpaired) electrons. The van der Waals surface area contributed by atoms with Crippen molar-refractivity contribution in [3.8, 4) is 0 Å². The summed E-state index contributed by atoms with van der Waals surface area (Å²) in [6.07, 6.45) is 4.49. The molecule has 1 aromatic heterocycles. The molecule has 55 valence electrons. The average molecular weight is 138 g/mol. The van der Waals surface area contributed by atoms with Crippen molar-refractivity contribution in [2.24, 2.45) is 0 Å². The fraction of sp³-hybridized carbons (Fsp3) is 0.429. The second kappa shape index (κ2) is 4.06. The van der Waals surface area contributed by atoms with Gasteiger partial charge in [-0.15, -0.1) is 0 Å². The van der Waals surface area contributed by atoms with Gasteiger partial charge in [0.05, 0.1) is 6.54 Å². The Balaban J connectivity index is 2.15. The first kappa shape index (κ1) is 7.28. The van der Waals surface area contributed by atoms with Gasteiger partial charge < -0.3 is 10.3 Å². The third kappa shape index (κ3) is 2.19. The minimum Gasteiger partial charge on any atom is -0.348 e. The number of imidazole rings is 1. The zero-order valence-corrected chi connectivity index (χ0v) is 5.93. The van der Waals surface area contributed by atoms with E-state index in [2.05, 4.69) is 22.2 Å². The minimum atomic E-state index is 0.808. The summed E-state index contributed by atoms with van der Waals surface area (Å²) in [4.78, 5) is 7.05. The highest BCUT2D eigenvalue weighted by Gasteiger charge is 1.90. The molecule has 0 spiro atoms. The predicted octanol–water partition coefficient (Wildman–Crippen LogP) is 0.723. The lowest BCUT2D eigenvalue weighted by Crippen LogP contribution is -2.14. The third-order valence-electron chi connectivity index (χ3n) is 1.20. The molecule has 0 unspecified atom stereocenters. The van der Waals surface area contributed by atoms with E-state index in [1.54, 1.807) is 6.20 Å². The molecule has 2 N–H and O–H groups in total. The molecule has 1 aromatic rings.